The molecule has 1 aliphatic rings. The SMILES string of the molecule is CC#CCn1c(N2CCNCC2)nc2cnn(Cc3c(F)cc(C(=O)NC)cc3C#N)c(=O)c21.O=C(O)C(F)(F)F. The highest BCUT2D eigenvalue weighted by Gasteiger charge is 2.38. The van der Waals surface area contributed by atoms with Crippen LogP contribution in [0, 0.1) is 29.0 Å². The molecule has 0 bridgehead atoms. The second-order valence-corrected chi connectivity index (χ2v) is 8.48. The molecule has 41 heavy (non-hydrogen) atoms. The van der Waals surface area contributed by atoms with Gasteiger partial charge in [0.05, 0.1) is 30.9 Å². The minimum atomic E-state index is -5.08. The van der Waals surface area contributed by atoms with Crippen LogP contribution < -0.4 is 21.1 Å². The van der Waals surface area contributed by atoms with E-state index in [4.69, 9.17) is 9.90 Å². The van der Waals surface area contributed by atoms with Crippen molar-refractivity contribution < 1.29 is 32.3 Å². The molecular weight excluding hydrogens is 552 g/mol. The molecule has 1 amide bonds. The van der Waals surface area contributed by atoms with Gasteiger partial charge in [-0.05, 0) is 19.1 Å². The number of aliphatic carboxylic acids is 1. The summed E-state index contributed by atoms with van der Waals surface area (Å²) in [7, 11) is 1.42. The van der Waals surface area contributed by atoms with E-state index in [1.54, 1.807) is 11.5 Å². The number of carboxylic acids is 1. The van der Waals surface area contributed by atoms with Crippen LogP contribution in [0.1, 0.15) is 28.4 Å². The van der Waals surface area contributed by atoms with Crippen molar-refractivity contribution in [2.24, 2.45) is 0 Å². The number of piperazine rings is 1. The number of carbonyl (C=O) groups excluding carboxylic acids is 1. The fourth-order valence-electron chi connectivity index (χ4n) is 3.92. The summed E-state index contributed by atoms with van der Waals surface area (Å²) in [4.78, 5) is 40.9. The van der Waals surface area contributed by atoms with Gasteiger partial charge in [0.25, 0.3) is 11.5 Å². The number of imidazole rings is 1. The molecule has 3 aromatic rings. The van der Waals surface area contributed by atoms with Crippen LogP contribution >= 0.6 is 0 Å². The summed E-state index contributed by atoms with van der Waals surface area (Å²) in [5, 5.41) is 26.5. The van der Waals surface area contributed by atoms with Crippen molar-refractivity contribution in [1.29, 1.82) is 5.26 Å². The van der Waals surface area contributed by atoms with Gasteiger partial charge in [0, 0.05) is 44.4 Å². The lowest BCUT2D eigenvalue weighted by molar-refractivity contribution is -0.192. The van der Waals surface area contributed by atoms with Crippen molar-refractivity contribution in [3.05, 3.63) is 51.2 Å². The number of anilines is 1. The highest BCUT2D eigenvalue weighted by molar-refractivity contribution is 5.94. The Balaban J connectivity index is 0.000000587. The Morgan fingerprint density at radius 2 is 1.90 bits per heavy atom. The van der Waals surface area contributed by atoms with Crippen molar-refractivity contribution in [1.82, 2.24) is 30.0 Å². The molecule has 0 spiro atoms. The predicted molar refractivity (Wildman–Crippen MR) is 138 cm³/mol. The quantitative estimate of drug-likeness (QED) is 0.299. The Kier molecular flexibility index (Phi) is 9.64. The van der Waals surface area contributed by atoms with Crippen molar-refractivity contribution in [2.75, 3.05) is 38.1 Å². The number of carbonyl (C=O) groups is 2. The van der Waals surface area contributed by atoms with Gasteiger partial charge < -0.3 is 20.6 Å². The number of rotatable bonds is 5. The van der Waals surface area contributed by atoms with Gasteiger partial charge >= 0.3 is 12.1 Å². The molecular formula is C25H24F4N8O4. The number of amides is 1. The van der Waals surface area contributed by atoms with E-state index in [1.807, 2.05) is 6.07 Å². The molecule has 3 heterocycles. The average molecular weight is 577 g/mol. The van der Waals surface area contributed by atoms with E-state index in [1.165, 1.54) is 19.3 Å². The molecule has 0 saturated carbocycles. The zero-order chi connectivity index (χ0) is 30.3. The van der Waals surface area contributed by atoms with Gasteiger partial charge in [-0.3, -0.25) is 14.2 Å². The van der Waals surface area contributed by atoms with Crippen LogP contribution in [0.3, 0.4) is 0 Å². The zero-order valence-electron chi connectivity index (χ0n) is 21.8. The van der Waals surface area contributed by atoms with E-state index in [-0.39, 0.29) is 29.8 Å². The highest BCUT2D eigenvalue weighted by atomic mass is 19.4. The summed E-state index contributed by atoms with van der Waals surface area (Å²) in [6.45, 7) is 4.78. The summed E-state index contributed by atoms with van der Waals surface area (Å²) >= 11 is 0. The number of carboxylic acid groups (broad SMARTS) is 1. The van der Waals surface area contributed by atoms with E-state index in [0.29, 0.717) is 17.0 Å². The van der Waals surface area contributed by atoms with Gasteiger partial charge in [-0.1, -0.05) is 5.92 Å². The molecule has 4 rings (SSSR count). The third kappa shape index (κ3) is 6.98. The zero-order valence-corrected chi connectivity index (χ0v) is 21.8. The Morgan fingerprint density at radius 3 is 2.46 bits per heavy atom. The Hall–Kier alpha value is -4.96. The van der Waals surface area contributed by atoms with Gasteiger partial charge in [-0.15, -0.1) is 5.92 Å². The lowest BCUT2D eigenvalue weighted by Gasteiger charge is -2.28. The lowest BCUT2D eigenvalue weighted by Crippen LogP contribution is -2.44. The minimum Gasteiger partial charge on any atom is -0.475 e. The third-order valence-electron chi connectivity index (χ3n) is 5.90. The summed E-state index contributed by atoms with van der Waals surface area (Å²) < 4.78 is 49.5. The molecule has 0 unspecified atom stereocenters. The number of aromatic nitrogens is 4. The fraction of sp³-hybridized carbons (Fsp3) is 0.360. The van der Waals surface area contributed by atoms with E-state index < -0.39 is 29.4 Å². The third-order valence-corrected chi connectivity index (χ3v) is 5.90. The van der Waals surface area contributed by atoms with Crippen molar-refractivity contribution in [3.8, 4) is 17.9 Å². The molecule has 0 radical (unpaired) electrons. The number of fused-ring (bicyclic) bond motifs is 1. The second kappa shape index (κ2) is 12.9. The molecule has 12 nitrogen and oxygen atoms in total. The fourth-order valence-corrected chi connectivity index (χ4v) is 3.92. The van der Waals surface area contributed by atoms with Crippen LogP contribution in [-0.2, 0) is 17.9 Å². The molecule has 1 fully saturated rings. The first-order valence-corrected chi connectivity index (χ1v) is 12.0. The number of halogens is 4. The number of hydrogen-bond acceptors (Lipinski definition) is 8. The van der Waals surface area contributed by atoms with E-state index in [9.17, 15) is 32.4 Å². The smallest absolute Gasteiger partial charge is 0.475 e. The predicted octanol–water partition coefficient (Wildman–Crippen LogP) is 1.08. The van der Waals surface area contributed by atoms with Crippen LogP contribution in [-0.4, -0.2) is 75.7 Å². The lowest BCUT2D eigenvalue weighted by atomic mass is 10.0. The first kappa shape index (κ1) is 30.6. The normalized spacial score (nSPS) is 13.0. The van der Waals surface area contributed by atoms with Crippen molar-refractivity contribution in [2.45, 2.75) is 26.2 Å². The number of nitrogens with zero attached hydrogens (tertiary/aromatic N) is 6. The Morgan fingerprint density at radius 1 is 1.24 bits per heavy atom. The van der Waals surface area contributed by atoms with E-state index in [0.717, 1.165) is 36.9 Å². The largest absolute Gasteiger partial charge is 0.490 e. The van der Waals surface area contributed by atoms with Crippen LogP contribution in [0.25, 0.3) is 11.0 Å². The van der Waals surface area contributed by atoms with Crippen molar-refractivity contribution in [3.63, 3.8) is 0 Å². The monoisotopic (exact) mass is 576 g/mol. The molecule has 2 aromatic heterocycles. The van der Waals surface area contributed by atoms with Crippen molar-refractivity contribution >= 4 is 28.9 Å². The second-order valence-electron chi connectivity index (χ2n) is 8.48. The number of benzene rings is 1. The molecule has 16 heteroatoms. The highest BCUT2D eigenvalue weighted by Crippen LogP contribution is 2.21. The van der Waals surface area contributed by atoms with Crippen LogP contribution in [0.2, 0.25) is 0 Å². The Bertz CT molecular complexity index is 1620. The number of hydrogen-bond donors (Lipinski definition) is 3. The molecule has 0 aliphatic carbocycles. The topological polar surface area (TPSA) is 158 Å². The maximum atomic E-state index is 14.9. The molecule has 0 atom stereocenters. The first-order valence-electron chi connectivity index (χ1n) is 12.0. The van der Waals surface area contributed by atoms with Gasteiger partial charge in [0.15, 0.2) is 0 Å². The average Bonchev–Trinajstić information content (AvgIpc) is 3.33. The number of nitrogens with one attached hydrogen (secondary N) is 2. The molecule has 1 saturated heterocycles. The number of nitriles is 1. The summed E-state index contributed by atoms with van der Waals surface area (Å²) in [6.07, 6.45) is -3.62. The van der Waals surface area contributed by atoms with Gasteiger partial charge in [0.1, 0.15) is 16.9 Å². The summed E-state index contributed by atoms with van der Waals surface area (Å²) in [5.74, 6) is 2.43. The standard InChI is InChI=1S/C23H23FN8O2.C2HF3O2/c1-3-4-7-31-20-19(29-23(31)30-8-5-27-6-9-30)13-28-32(22(20)34)14-17-16(12-25)10-15(11-18(17)24)21(33)26-2;3-2(4,5)1(6)7/h10-11,13,27H,5-9,14H2,1-2H3,(H,26,33);(H,6,7). The molecule has 3 N–H and O–H groups in total. The van der Waals surface area contributed by atoms with Gasteiger partial charge in [0.2, 0.25) is 5.95 Å². The first-order chi connectivity index (χ1) is 19.4. The maximum Gasteiger partial charge on any atom is 0.490 e. The molecule has 216 valence electrons. The van der Waals surface area contributed by atoms with Crippen LogP contribution in [0.5, 0.6) is 0 Å². The van der Waals surface area contributed by atoms with Gasteiger partial charge in [-0.25, -0.2) is 18.9 Å². The maximum absolute atomic E-state index is 14.9. The summed E-state index contributed by atoms with van der Waals surface area (Å²) in [6, 6.07) is 4.25. The van der Waals surface area contributed by atoms with Crippen LogP contribution in [0.4, 0.5) is 23.5 Å². The Labute approximate surface area is 230 Å². The minimum absolute atomic E-state index is 0.0212. The van der Waals surface area contributed by atoms with Crippen LogP contribution in [0.15, 0.2) is 23.1 Å². The number of alkyl halides is 3. The van der Waals surface area contributed by atoms with E-state index >= 15 is 0 Å². The van der Waals surface area contributed by atoms with E-state index in [2.05, 4.69) is 37.5 Å². The molecule has 1 aromatic carbocycles. The molecule has 1 aliphatic heterocycles. The van der Waals surface area contributed by atoms with Gasteiger partial charge in [-0.2, -0.15) is 23.5 Å². The summed E-state index contributed by atoms with van der Waals surface area (Å²) in [5.41, 5.74) is 0.219.